The van der Waals surface area contributed by atoms with Crippen molar-refractivity contribution in [1.29, 1.82) is 0 Å². The van der Waals surface area contributed by atoms with E-state index in [9.17, 15) is 9.90 Å². The highest BCUT2D eigenvalue weighted by molar-refractivity contribution is 6.11. The Hall–Kier alpha value is -1.87. The Bertz CT molecular complexity index is 662. The molecule has 0 unspecified atom stereocenters. The van der Waals surface area contributed by atoms with Crippen molar-refractivity contribution in [3.05, 3.63) is 58.0 Å². The summed E-state index contributed by atoms with van der Waals surface area (Å²) in [5.41, 5.74) is 2.35. The minimum absolute atomic E-state index is 0.150. The number of benzene rings is 1. The van der Waals surface area contributed by atoms with E-state index in [-0.39, 0.29) is 11.5 Å². The fourth-order valence-corrected chi connectivity index (χ4v) is 2.97. The average molecular weight is 242 g/mol. The van der Waals surface area contributed by atoms with E-state index in [0.717, 1.165) is 11.1 Å². The first-order valence-electron chi connectivity index (χ1n) is 5.90. The molecule has 3 heteroatoms. The van der Waals surface area contributed by atoms with Crippen LogP contribution < -0.4 is 0 Å². The lowest BCUT2D eigenvalue weighted by Gasteiger charge is -2.32. The molecule has 0 amide bonds. The van der Waals surface area contributed by atoms with Gasteiger partial charge in [-0.25, -0.2) is 0 Å². The summed E-state index contributed by atoms with van der Waals surface area (Å²) in [5, 5.41) is 10.8. The van der Waals surface area contributed by atoms with Gasteiger partial charge in [-0.3, -0.25) is 4.79 Å². The van der Waals surface area contributed by atoms with Gasteiger partial charge < -0.3 is 9.52 Å². The molecule has 0 fully saturated rings. The zero-order valence-corrected chi connectivity index (χ0v) is 10.6. The molecular weight excluding hydrogens is 228 g/mol. The van der Waals surface area contributed by atoms with Crippen molar-refractivity contribution in [3.63, 3.8) is 0 Å². The summed E-state index contributed by atoms with van der Waals surface area (Å²) in [6, 6.07) is 5.46. The van der Waals surface area contributed by atoms with Crippen LogP contribution in [0.3, 0.4) is 0 Å². The highest BCUT2D eigenvalue weighted by atomic mass is 16.3. The van der Waals surface area contributed by atoms with Crippen molar-refractivity contribution in [3.8, 4) is 0 Å². The molecule has 0 aliphatic heterocycles. The average Bonchev–Trinajstić information content (AvgIpc) is 2.69. The normalized spacial score (nSPS) is 21.7. The van der Waals surface area contributed by atoms with E-state index in [2.05, 4.69) is 0 Å². The first-order valence-corrected chi connectivity index (χ1v) is 5.90. The molecular formula is C15H14O3. The van der Waals surface area contributed by atoms with Crippen LogP contribution in [0, 0.1) is 13.8 Å². The van der Waals surface area contributed by atoms with E-state index in [1.54, 1.807) is 13.0 Å². The van der Waals surface area contributed by atoms with Crippen LogP contribution in [0.25, 0.3) is 0 Å². The molecule has 1 atom stereocenters. The molecule has 92 valence electrons. The van der Waals surface area contributed by atoms with Crippen LogP contribution in [0.4, 0.5) is 0 Å². The molecule has 0 saturated heterocycles. The topological polar surface area (TPSA) is 50.4 Å². The van der Waals surface area contributed by atoms with E-state index in [0.29, 0.717) is 16.7 Å². The first-order chi connectivity index (χ1) is 8.44. The fraction of sp³-hybridized carbons (Fsp3) is 0.267. The van der Waals surface area contributed by atoms with Crippen LogP contribution in [0.5, 0.6) is 0 Å². The van der Waals surface area contributed by atoms with E-state index in [4.69, 9.17) is 4.42 Å². The summed E-state index contributed by atoms with van der Waals surface area (Å²) in [5.74, 6) is 0.110. The van der Waals surface area contributed by atoms with Gasteiger partial charge in [0.1, 0.15) is 5.60 Å². The van der Waals surface area contributed by atoms with E-state index >= 15 is 0 Å². The molecule has 0 spiro atoms. The van der Waals surface area contributed by atoms with Crippen LogP contribution in [0.1, 0.15) is 45.3 Å². The lowest BCUT2D eigenvalue weighted by molar-refractivity contribution is 0.0824. The van der Waals surface area contributed by atoms with Gasteiger partial charge >= 0.3 is 0 Å². The Labute approximate surface area is 105 Å². The number of rotatable bonds is 0. The third kappa shape index (κ3) is 1.20. The third-order valence-electron chi connectivity index (χ3n) is 3.67. The molecule has 1 aliphatic rings. The molecule has 0 radical (unpaired) electrons. The highest BCUT2D eigenvalue weighted by Crippen LogP contribution is 2.43. The largest absolute Gasteiger partial charge is 0.460 e. The maximum absolute atomic E-state index is 12.4. The molecule has 1 aliphatic carbocycles. The molecule has 1 aromatic carbocycles. The predicted molar refractivity (Wildman–Crippen MR) is 66.7 cm³/mol. The summed E-state index contributed by atoms with van der Waals surface area (Å²) in [7, 11) is 0. The number of hydrogen-bond donors (Lipinski definition) is 1. The Morgan fingerprint density at radius 3 is 2.61 bits per heavy atom. The summed E-state index contributed by atoms with van der Waals surface area (Å²) >= 11 is 0. The molecule has 2 aromatic rings. The minimum Gasteiger partial charge on any atom is -0.460 e. The molecule has 3 nitrogen and oxygen atoms in total. The number of carbonyl (C=O) groups is 1. The van der Waals surface area contributed by atoms with Gasteiger partial charge in [0.25, 0.3) is 0 Å². The second kappa shape index (κ2) is 3.33. The van der Waals surface area contributed by atoms with Crippen molar-refractivity contribution in [1.82, 2.24) is 0 Å². The zero-order chi connectivity index (χ0) is 13.1. The molecule has 1 aromatic heterocycles. The SMILES string of the molecule is Cc1cccc2c1[C@@](C)(O)c1c(C)coc1C2=O. The number of carbonyl (C=O) groups excluding carboxylic acids is 1. The molecule has 1 N–H and O–H groups in total. The lowest BCUT2D eigenvalue weighted by Crippen LogP contribution is -2.33. The van der Waals surface area contributed by atoms with Crippen LogP contribution in [-0.4, -0.2) is 10.9 Å². The van der Waals surface area contributed by atoms with Crippen molar-refractivity contribution in [2.24, 2.45) is 0 Å². The standard InChI is InChI=1S/C15H14O3/c1-8-5-4-6-10-11(8)15(3,17)12-9(2)7-18-14(12)13(10)16/h4-7,17H,1-3H3/t15-/m1/s1. The van der Waals surface area contributed by atoms with Gasteiger partial charge in [-0.05, 0) is 31.9 Å². The third-order valence-corrected chi connectivity index (χ3v) is 3.67. The second-order valence-electron chi connectivity index (χ2n) is 5.02. The van der Waals surface area contributed by atoms with Crippen molar-refractivity contribution < 1.29 is 14.3 Å². The highest BCUT2D eigenvalue weighted by Gasteiger charge is 2.43. The Kier molecular flexibility index (Phi) is 2.08. The number of hydrogen-bond acceptors (Lipinski definition) is 3. The van der Waals surface area contributed by atoms with E-state index in [1.165, 1.54) is 6.26 Å². The second-order valence-corrected chi connectivity index (χ2v) is 5.02. The Morgan fingerprint density at radius 2 is 1.89 bits per heavy atom. The van der Waals surface area contributed by atoms with Gasteiger partial charge in [-0.2, -0.15) is 0 Å². The maximum Gasteiger partial charge on any atom is 0.229 e. The summed E-state index contributed by atoms with van der Waals surface area (Å²) in [6.45, 7) is 5.46. The maximum atomic E-state index is 12.4. The number of aryl methyl sites for hydroxylation is 2. The fourth-order valence-electron chi connectivity index (χ4n) is 2.97. The van der Waals surface area contributed by atoms with Crippen molar-refractivity contribution >= 4 is 5.78 Å². The van der Waals surface area contributed by atoms with E-state index < -0.39 is 5.60 Å². The minimum atomic E-state index is -1.18. The zero-order valence-electron chi connectivity index (χ0n) is 10.6. The molecule has 3 rings (SSSR count). The first kappa shape index (κ1) is 11.2. The predicted octanol–water partition coefficient (Wildman–Crippen LogP) is 2.70. The lowest BCUT2D eigenvalue weighted by atomic mass is 9.75. The van der Waals surface area contributed by atoms with E-state index in [1.807, 2.05) is 26.0 Å². The Balaban J connectivity index is 2.43. The van der Waals surface area contributed by atoms with Gasteiger partial charge in [0, 0.05) is 16.7 Å². The van der Waals surface area contributed by atoms with Crippen molar-refractivity contribution in [2.45, 2.75) is 26.4 Å². The summed E-state index contributed by atoms with van der Waals surface area (Å²) in [4.78, 5) is 12.4. The van der Waals surface area contributed by atoms with Gasteiger partial charge in [0.2, 0.25) is 5.78 Å². The van der Waals surface area contributed by atoms with Gasteiger partial charge in [-0.15, -0.1) is 0 Å². The number of fused-ring (bicyclic) bond motifs is 2. The van der Waals surface area contributed by atoms with Crippen LogP contribution in [0.15, 0.2) is 28.9 Å². The monoisotopic (exact) mass is 242 g/mol. The molecule has 1 heterocycles. The number of furan rings is 1. The summed E-state index contributed by atoms with van der Waals surface area (Å²) in [6.07, 6.45) is 1.53. The summed E-state index contributed by atoms with van der Waals surface area (Å²) < 4.78 is 5.32. The van der Waals surface area contributed by atoms with Gasteiger partial charge in [0.15, 0.2) is 5.76 Å². The van der Waals surface area contributed by atoms with Crippen LogP contribution >= 0.6 is 0 Å². The van der Waals surface area contributed by atoms with Crippen LogP contribution in [-0.2, 0) is 5.60 Å². The number of ketones is 1. The van der Waals surface area contributed by atoms with Crippen molar-refractivity contribution in [2.75, 3.05) is 0 Å². The van der Waals surface area contributed by atoms with Gasteiger partial charge in [-0.1, -0.05) is 18.2 Å². The number of aliphatic hydroxyl groups is 1. The molecule has 0 bridgehead atoms. The Morgan fingerprint density at radius 1 is 1.17 bits per heavy atom. The smallest absolute Gasteiger partial charge is 0.229 e. The van der Waals surface area contributed by atoms with Crippen LogP contribution in [0.2, 0.25) is 0 Å². The quantitative estimate of drug-likeness (QED) is 0.772. The molecule has 0 saturated carbocycles. The molecule has 18 heavy (non-hydrogen) atoms. The van der Waals surface area contributed by atoms with Gasteiger partial charge in [0.05, 0.1) is 6.26 Å².